The largest absolute Gasteiger partial charge is 0.352 e. The Morgan fingerprint density at radius 2 is 1.66 bits per heavy atom. The topological polar surface area (TPSA) is 66.5 Å². The third kappa shape index (κ3) is 2.85. The van der Waals surface area contributed by atoms with E-state index in [9.17, 15) is 14.4 Å². The second-order valence-electron chi connectivity index (χ2n) is 9.49. The van der Waals surface area contributed by atoms with Crippen LogP contribution in [-0.2, 0) is 15.0 Å². The molecule has 0 saturated carbocycles. The average molecular weight is 483 g/mol. The molecule has 1 spiro atoms. The number of carbonyl (C=O) groups excluding carboxylic acids is 3. The summed E-state index contributed by atoms with van der Waals surface area (Å²) >= 11 is 6.09. The quantitative estimate of drug-likeness (QED) is 0.515. The first kappa shape index (κ1) is 21.8. The zero-order valence-electron chi connectivity index (χ0n) is 19.3. The molecule has 0 aliphatic carbocycles. The van der Waals surface area contributed by atoms with Crippen molar-refractivity contribution in [2.24, 2.45) is 5.92 Å². The maximum atomic E-state index is 14.3. The molecular formula is C29H23ClN2O3. The van der Waals surface area contributed by atoms with Crippen LogP contribution >= 0.6 is 11.6 Å². The molecule has 1 saturated heterocycles. The number of ketones is 2. The predicted molar refractivity (Wildman–Crippen MR) is 137 cm³/mol. The van der Waals surface area contributed by atoms with Crippen molar-refractivity contribution in [1.82, 2.24) is 0 Å². The lowest BCUT2D eigenvalue weighted by atomic mass is 9.64. The van der Waals surface area contributed by atoms with E-state index in [0.29, 0.717) is 16.3 Å². The number of benzene rings is 3. The fraction of sp³-hybridized carbons (Fsp3) is 0.207. The SMILES string of the molecule is CC(=O)[C@H]1[C@@H](C(=O)c2ccc(Cl)cc2)[C@]2(C(=O)Nc3ccccc32)[C@H]2C=C(C)c3ccccc3N12. The molecule has 0 unspecified atom stereocenters. The normalized spacial score (nSPS) is 26.0. The van der Waals surface area contributed by atoms with Crippen molar-refractivity contribution in [3.63, 3.8) is 0 Å². The monoisotopic (exact) mass is 482 g/mol. The number of para-hydroxylation sites is 2. The van der Waals surface area contributed by atoms with Crippen molar-refractivity contribution < 1.29 is 14.4 Å². The first-order valence-corrected chi connectivity index (χ1v) is 12.0. The van der Waals surface area contributed by atoms with Crippen LogP contribution in [0.25, 0.3) is 5.57 Å². The van der Waals surface area contributed by atoms with Crippen LogP contribution in [0, 0.1) is 5.92 Å². The molecular weight excluding hydrogens is 460 g/mol. The number of hydrogen-bond acceptors (Lipinski definition) is 4. The van der Waals surface area contributed by atoms with Gasteiger partial charge in [-0.25, -0.2) is 0 Å². The van der Waals surface area contributed by atoms with Crippen molar-refractivity contribution in [3.05, 3.63) is 101 Å². The van der Waals surface area contributed by atoms with Gasteiger partial charge < -0.3 is 10.2 Å². The van der Waals surface area contributed by atoms with E-state index in [1.807, 2.05) is 60.4 Å². The van der Waals surface area contributed by atoms with Gasteiger partial charge in [-0.3, -0.25) is 14.4 Å². The summed E-state index contributed by atoms with van der Waals surface area (Å²) < 4.78 is 0. The van der Waals surface area contributed by atoms with Gasteiger partial charge in [-0.2, -0.15) is 0 Å². The van der Waals surface area contributed by atoms with Gasteiger partial charge in [0, 0.05) is 27.5 Å². The Morgan fingerprint density at radius 3 is 2.40 bits per heavy atom. The molecule has 3 aromatic carbocycles. The summed E-state index contributed by atoms with van der Waals surface area (Å²) in [5.74, 6) is -1.58. The number of nitrogens with one attached hydrogen (secondary N) is 1. The number of hydrogen-bond donors (Lipinski definition) is 1. The van der Waals surface area contributed by atoms with Gasteiger partial charge in [-0.05, 0) is 61.4 Å². The van der Waals surface area contributed by atoms with Crippen LogP contribution < -0.4 is 10.2 Å². The van der Waals surface area contributed by atoms with E-state index >= 15 is 0 Å². The molecule has 174 valence electrons. The summed E-state index contributed by atoms with van der Waals surface area (Å²) in [4.78, 5) is 43.7. The van der Waals surface area contributed by atoms with Crippen LogP contribution in [0.4, 0.5) is 11.4 Å². The Labute approximate surface area is 208 Å². The molecule has 1 fully saturated rings. The van der Waals surface area contributed by atoms with Crippen molar-refractivity contribution in [3.8, 4) is 0 Å². The number of rotatable bonds is 3. The van der Waals surface area contributed by atoms with Gasteiger partial charge >= 0.3 is 0 Å². The van der Waals surface area contributed by atoms with E-state index in [0.717, 1.165) is 22.4 Å². The summed E-state index contributed by atoms with van der Waals surface area (Å²) in [5.41, 5.74) is 3.46. The highest BCUT2D eigenvalue weighted by Crippen LogP contribution is 2.58. The second kappa shape index (κ2) is 7.65. The highest BCUT2D eigenvalue weighted by atomic mass is 35.5. The molecule has 0 aromatic heterocycles. The number of allylic oxidation sites excluding steroid dienone is 1. The molecule has 5 nitrogen and oxygen atoms in total. The third-order valence-corrected chi connectivity index (χ3v) is 7.96. The minimum Gasteiger partial charge on any atom is -0.352 e. The summed E-state index contributed by atoms with van der Waals surface area (Å²) in [6.45, 7) is 3.52. The van der Waals surface area contributed by atoms with Gasteiger partial charge in [0.05, 0.1) is 18.0 Å². The van der Waals surface area contributed by atoms with Crippen molar-refractivity contribution in [1.29, 1.82) is 0 Å². The van der Waals surface area contributed by atoms with Crippen LogP contribution in [0.1, 0.15) is 35.3 Å². The Bertz CT molecular complexity index is 1440. The van der Waals surface area contributed by atoms with Gasteiger partial charge in [0.1, 0.15) is 5.41 Å². The summed E-state index contributed by atoms with van der Waals surface area (Å²) in [7, 11) is 0. The number of carbonyl (C=O) groups is 3. The van der Waals surface area contributed by atoms with Gasteiger partial charge in [-0.1, -0.05) is 54.1 Å². The summed E-state index contributed by atoms with van der Waals surface area (Å²) in [6, 6.07) is 20.7. The first-order chi connectivity index (χ1) is 16.9. The molecule has 1 N–H and O–H groups in total. The molecule has 0 radical (unpaired) electrons. The van der Waals surface area contributed by atoms with E-state index in [4.69, 9.17) is 11.6 Å². The van der Waals surface area contributed by atoms with Gasteiger partial charge in [0.15, 0.2) is 11.6 Å². The van der Waals surface area contributed by atoms with Crippen molar-refractivity contribution in [2.45, 2.75) is 31.3 Å². The van der Waals surface area contributed by atoms with E-state index < -0.39 is 23.4 Å². The lowest BCUT2D eigenvalue weighted by molar-refractivity contribution is -0.122. The summed E-state index contributed by atoms with van der Waals surface area (Å²) in [5, 5.41) is 3.54. The van der Waals surface area contributed by atoms with Gasteiger partial charge in [0.25, 0.3) is 0 Å². The zero-order chi connectivity index (χ0) is 24.5. The minimum atomic E-state index is -1.27. The molecule has 1 amide bonds. The number of nitrogens with zero attached hydrogens (tertiary/aromatic N) is 1. The molecule has 4 atom stereocenters. The zero-order valence-corrected chi connectivity index (χ0v) is 20.0. The lowest BCUT2D eigenvalue weighted by Crippen LogP contribution is -2.51. The van der Waals surface area contributed by atoms with Crippen LogP contribution in [0.2, 0.25) is 5.02 Å². The van der Waals surface area contributed by atoms with E-state index in [1.54, 1.807) is 24.3 Å². The maximum absolute atomic E-state index is 14.3. The molecule has 35 heavy (non-hydrogen) atoms. The number of anilines is 2. The standard InChI is InChI=1S/C29H23ClN2O3/c1-16-15-24-29(21-8-4-5-9-22(21)31-28(29)35)25(27(34)18-11-13-19(30)14-12-18)26(17(2)33)32(24)23-10-6-3-7-20(16)23/h3-15,24-26H,1-2H3,(H,31,35)/t24-,25+,26+,29-/m1/s1. The molecule has 6 heteroatoms. The number of fused-ring (bicyclic) bond motifs is 6. The maximum Gasteiger partial charge on any atom is 0.238 e. The third-order valence-electron chi connectivity index (χ3n) is 7.71. The van der Waals surface area contributed by atoms with E-state index in [2.05, 4.69) is 11.4 Å². The number of amides is 1. The molecule has 0 bridgehead atoms. The average Bonchev–Trinajstić information content (AvgIpc) is 3.32. The Morgan fingerprint density at radius 1 is 0.971 bits per heavy atom. The summed E-state index contributed by atoms with van der Waals surface area (Å²) in [6.07, 6.45) is 2.05. The molecule has 3 heterocycles. The number of Topliss-reactive ketones (excluding diaryl/α,β-unsaturated/α-hetero) is 2. The first-order valence-electron chi connectivity index (χ1n) is 11.6. The molecule has 3 aliphatic rings. The van der Waals surface area contributed by atoms with Gasteiger partial charge in [0.2, 0.25) is 5.91 Å². The smallest absolute Gasteiger partial charge is 0.238 e. The lowest BCUT2D eigenvalue weighted by Gasteiger charge is -2.39. The highest BCUT2D eigenvalue weighted by molar-refractivity contribution is 6.30. The van der Waals surface area contributed by atoms with E-state index in [-0.39, 0.29) is 17.5 Å². The molecule has 6 rings (SSSR count). The fourth-order valence-corrected chi connectivity index (χ4v) is 6.46. The predicted octanol–water partition coefficient (Wildman–Crippen LogP) is 5.29. The minimum absolute atomic E-state index is 0.154. The molecule has 3 aromatic rings. The fourth-order valence-electron chi connectivity index (χ4n) is 6.33. The Hall–Kier alpha value is -3.70. The van der Waals surface area contributed by atoms with E-state index in [1.165, 1.54) is 6.92 Å². The second-order valence-corrected chi connectivity index (χ2v) is 9.93. The van der Waals surface area contributed by atoms with Crippen molar-refractivity contribution >= 4 is 46.0 Å². The molecule has 3 aliphatic heterocycles. The highest BCUT2D eigenvalue weighted by Gasteiger charge is 2.70. The Kier molecular flexibility index (Phi) is 4.77. The van der Waals surface area contributed by atoms with Crippen LogP contribution in [0.3, 0.4) is 0 Å². The van der Waals surface area contributed by atoms with Crippen molar-refractivity contribution in [2.75, 3.05) is 10.2 Å². The van der Waals surface area contributed by atoms with Gasteiger partial charge in [-0.15, -0.1) is 0 Å². The Balaban J connectivity index is 1.68. The number of halogens is 1. The van der Waals surface area contributed by atoms with Crippen LogP contribution in [-0.4, -0.2) is 29.6 Å². The van der Waals surface area contributed by atoms with Crippen LogP contribution in [0.5, 0.6) is 0 Å². The van der Waals surface area contributed by atoms with Crippen LogP contribution in [0.15, 0.2) is 78.9 Å².